The molecule has 0 aliphatic carbocycles. The number of carboxylic acid groups (broad SMARTS) is 1. The Labute approximate surface area is 119 Å². The molecule has 0 saturated carbocycles. The van der Waals surface area contributed by atoms with Gasteiger partial charge in [-0.25, -0.2) is 9.59 Å². The summed E-state index contributed by atoms with van der Waals surface area (Å²) in [4.78, 5) is 28.3. The van der Waals surface area contributed by atoms with Gasteiger partial charge in [-0.1, -0.05) is 0 Å². The first kappa shape index (κ1) is 14.0. The average molecular weight is 291 g/mol. The second-order valence-corrected chi connectivity index (χ2v) is 5.03. The number of nitrogens with zero attached hydrogens (tertiary/aromatic N) is 2. The highest BCUT2D eigenvalue weighted by molar-refractivity contribution is 7.14. The highest BCUT2D eigenvalue weighted by atomic mass is 32.1. The number of aromatic nitrogens is 1. The normalized spacial score (nSPS) is 10.1. The number of carbonyl (C=O) groups is 2. The van der Waals surface area contributed by atoms with Crippen molar-refractivity contribution in [1.29, 1.82) is 0 Å². The maximum absolute atomic E-state index is 12.0. The van der Waals surface area contributed by atoms with Crippen LogP contribution in [-0.4, -0.2) is 34.0 Å². The molecule has 0 aliphatic heterocycles. The summed E-state index contributed by atoms with van der Waals surface area (Å²) in [6.45, 7) is 0.419. The Morgan fingerprint density at radius 1 is 1.35 bits per heavy atom. The lowest BCUT2D eigenvalue weighted by atomic mass is 10.2. The topological polar surface area (TPSA) is 82.5 Å². The fourth-order valence-corrected chi connectivity index (χ4v) is 2.37. The molecule has 2 heterocycles. The van der Waals surface area contributed by atoms with Gasteiger partial charge in [0.25, 0.3) is 0 Å². The van der Waals surface area contributed by atoms with Crippen LogP contribution < -0.4 is 5.32 Å². The number of anilines is 1. The SMILES string of the molecule is CN(Cc1ccncc1)C(=O)Nc1sccc1C(=O)O. The Bertz CT molecular complexity index is 612. The van der Waals surface area contributed by atoms with Crippen molar-refractivity contribution in [3.63, 3.8) is 0 Å². The van der Waals surface area contributed by atoms with Gasteiger partial charge in [-0.2, -0.15) is 0 Å². The number of pyridine rings is 1. The molecule has 104 valence electrons. The molecule has 0 bridgehead atoms. The first-order chi connectivity index (χ1) is 9.58. The lowest BCUT2D eigenvalue weighted by Crippen LogP contribution is -2.31. The van der Waals surface area contributed by atoms with Gasteiger partial charge in [-0.15, -0.1) is 11.3 Å². The van der Waals surface area contributed by atoms with Crippen molar-refractivity contribution in [2.45, 2.75) is 6.54 Å². The fourth-order valence-electron chi connectivity index (χ4n) is 1.60. The molecule has 0 unspecified atom stereocenters. The van der Waals surface area contributed by atoms with E-state index in [9.17, 15) is 9.59 Å². The molecule has 0 spiro atoms. The van der Waals surface area contributed by atoms with Crippen LogP contribution >= 0.6 is 11.3 Å². The van der Waals surface area contributed by atoms with Crippen LogP contribution in [0.1, 0.15) is 15.9 Å². The van der Waals surface area contributed by atoms with Gasteiger partial charge in [-0.3, -0.25) is 10.3 Å². The monoisotopic (exact) mass is 291 g/mol. The molecule has 2 N–H and O–H groups in total. The number of rotatable bonds is 4. The van der Waals surface area contributed by atoms with Crippen molar-refractivity contribution >= 4 is 28.3 Å². The number of thiophene rings is 1. The van der Waals surface area contributed by atoms with Gasteiger partial charge in [0.15, 0.2) is 0 Å². The predicted molar refractivity (Wildman–Crippen MR) is 76.0 cm³/mol. The van der Waals surface area contributed by atoms with E-state index in [1.54, 1.807) is 24.8 Å². The zero-order valence-electron chi connectivity index (χ0n) is 10.7. The summed E-state index contributed by atoms with van der Waals surface area (Å²) in [5.74, 6) is -1.06. The van der Waals surface area contributed by atoms with Crippen molar-refractivity contribution in [1.82, 2.24) is 9.88 Å². The number of aromatic carboxylic acids is 1. The Balaban J connectivity index is 2.01. The van der Waals surface area contributed by atoms with Crippen molar-refractivity contribution in [3.8, 4) is 0 Å². The maximum atomic E-state index is 12.0. The summed E-state index contributed by atoms with van der Waals surface area (Å²) < 4.78 is 0. The molecule has 7 heteroatoms. The number of amides is 2. The molecule has 20 heavy (non-hydrogen) atoms. The Morgan fingerprint density at radius 2 is 2.05 bits per heavy atom. The van der Waals surface area contributed by atoms with Gasteiger partial charge in [0.1, 0.15) is 5.00 Å². The van der Waals surface area contributed by atoms with Crippen LogP contribution in [-0.2, 0) is 6.54 Å². The van der Waals surface area contributed by atoms with Crippen LogP contribution in [0, 0.1) is 0 Å². The Kier molecular flexibility index (Phi) is 4.31. The quantitative estimate of drug-likeness (QED) is 0.906. The minimum Gasteiger partial charge on any atom is -0.478 e. The van der Waals surface area contributed by atoms with E-state index >= 15 is 0 Å². The standard InChI is InChI=1S/C13H13N3O3S/c1-16(8-9-2-5-14-6-3-9)13(19)15-11-10(12(17)18)4-7-20-11/h2-7H,8H2,1H3,(H,15,19)(H,17,18). The number of nitrogens with one attached hydrogen (secondary N) is 1. The van der Waals surface area contributed by atoms with Crippen LogP contribution in [0.5, 0.6) is 0 Å². The summed E-state index contributed by atoms with van der Waals surface area (Å²) in [5, 5.41) is 13.5. The Morgan fingerprint density at radius 3 is 2.70 bits per heavy atom. The van der Waals surface area contributed by atoms with Gasteiger partial charge in [0, 0.05) is 26.0 Å². The second-order valence-electron chi connectivity index (χ2n) is 4.11. The molecular weight excluding hydrogens is 278 g/mol. The van der Waals surface area contributed by atoms with Gasteiger partial charge in [0.2, 0.25) is 0 Å². The number of hydrogen-bond donors (Lipinski definition) is 2. The van der Waals surface area contributed by atoms with Crippen LogP contribution in [0.2, 0.25) is 0 Å². The summed E-state index contributed by atoms with van der Waals surface area (Å²) in [7, 11) is 1.64. The molecule has 0 saturated heterocycles. The van der Waals surface area contributed by atoms with Crippen molar-refractivity contribution in [3.05, 3.63) is 47.1 Å². The number of carbonyl (C=O) groups excluding carboxylic acids is 1. The van der Waals surface area contributed by atoms with Gasteiger partial charge >= 0.3 is 12.0 Å². The maximum Gasteiger partial charge on any atom is 0.338 e. The van der Waals surface area contributed by atoms with E-state index in [0.29, 0.717) is 11.5 Å². The largest absolute Gasteiger partial charge is 0.478 e. The van der Waals surface area contributed by atoms with E-state index < -0.39 is 5.97 Å². The number of carboxylic acids is 1. The molecule has 2 aromatic heterocycles. The number of hydrogen-bond acceptors (Lipinski definition) is 4. The van der Waals surface area contributed by atoms with Crippen molar-refractivity contribution < 1.29 is 14.7 Å². The van der Waals surface area contributed by atoms with E-state index in [0.717, 1.165) is 5.56 Å². The summed E-state index contributed by atoms with van der Waals surface area (Å²) >= 11 is 1.18. The smallest absolute Gasteiger partial charge is 0.338 e. The van der Waals surface area contributed by atoms with Crippen molar-refractivity contribution in [2.24, 2.45) is 0 Å². The second kappa shape index (κ2) is 6.16. The lowest BCUT2D eigenvalue weighted by Gasteiger charge is -2.17. The molecule has 0 fully saturated rings. The molecule has 0 atom stereocenters. The molecule has 6 nitrogen and oxygen atoms in total. The third kappa shape index (κ3) is 3.33. The van der Waals surface area contributed by atoms with E-state index in [1.165, 1.54) is 22.3 Å². The summed E-state index contributed by atoms with van der Waals surface area (Å²) in [5.41, 5.74) is 1.04. The predicted octanol–water partition coefficient (Wildman–Crippen LogP) is 2.51. The van der Waals surface area contributed by atoms with E-state index in [2.05, 4.69) is 10.3 Å². The minimum absolute atomic E-state index is 0.0978. The molecule has 2 amide bonds. The van der Waals surface area contributed by atoms with Gasteiger partial charge in [0.05, 0.1) is 5.56 Å². The average Bonchev–Trinajstić information content (AvgIpc) is 2.88. The first-order valence-corrected chi connectivity index (χ1v) is 6.67. The van der Waals surface area contributed by atoms with Crippen LogP contribution in [0.4, 0.5) is 9.80 Å². The summed E-state index contributed by atoms with van der Waals surface area (Å²) in [6, 6.07) is 4.74. The van der Waals surface area contributed by atoms with E-state index in [4.69, 9.17) is 5.11 Å². The van der Waals surface area contributed by atoms with Crippen LogP contribution in [0.15, 0.2) is 36.0 Å². The minimum atomic E-state index is -1.06. The summed E-state index contributed by atoms with van der Waals surface area (Å²) in [6.07, 6.45) is 3.31. The lowest BCUT2D eigenvalue weighted by molar-refractivity contribution is 0.0698. The molecular formula is C13H13N3O3S. The molecule has 0 radical (unpaired) electrons. The highest BCUT2D eigenvalue weighted by Crippen LogP contribution is 2.23. The highest BCUT2D eigenvalue weighted by Gasteiger charge is 2.16. The first-order valence-electron chi connectivity index (χ1n) is 5.79. The third-order valence-electron chi connectivity index (χ3n) is 2.63. The van der Waals surface area contributed by atoms with Gasteiger partial charge in [-0.05, 0) is 29.1 Å². The van der Waals surface area contributed by atoms with Crippen LogP contribution in [0.3, 0.4) is 0 Å². The van der Waals surface area contributed by atoms with Crippen LogP contribution in [0.25, 0.3) is 0 Å². The zero-order valence-corrected chi connectivity index (χ0v) is 11.6. The fraction of sp³-hybridized carbons (Fsp3) is 0.154. The van der Waals surface area contributed by atoms with E-state index in [1.807, 2.05) is 12.1 Å². The Hall–Kier alpha value is -2.41. The molecule has 2 aromatic rings. The molecule has 0 aliphatic rings. The number of urea groups is 1. The van der Waals surface area contributed by atoms with E-state index in [-0.39, 0.29) is 11.6 Å². The van der Waals surface area contributed by atoms with Gasteiger partial charge < -0.3 is 10.0 Å². The van der Waals surface area contributed by atoms with Crippen molar-refractivity contribution in [2.75, 3.05) is 12.4 Å². The zero-order chi connectivity index (χ0) is 14.5. The molecule has 2 rings (SSSR count). The third-order valence-corrected chi connectivity index (χ3v) is 3.46. The molecule has 0 aromatic carbocycles.